The number of para-hydroxylation sites is 1. The zero-order valence-corrected chi connectivity index (χ0v) is 18.9. The smallest absolute Gasteiger partial charge is 0.341 e. The third-order valence-electron chi connectivity index (χ3n) is 5.24. The molecule has 0 radical (unpaired) electrons. The number of benzene rings is 1. The van der Waals surface area contributed by atoms with Crippen molar-refractivity contribution in [3.05, 3.63) is 28.7 Å². The molecule has 2 heterocycles. The van der Waals surface area contributed by atoms with Crippen LogP contribution in [0.15, 0.2) is 23.1 Å². The fraction of sp³-hybridized carbons (Fsp3) is 0.455. The highest BCUT2D eigenvalue weighted by Gasteiger charge is 2.37. The van der Waals surface area contributed by atoms with Crippen LogP contribution in [0, 0.1) is 5.92 Å². The molecule has 0 aliphatic carbocycles. The molecular weight excluding hydrogens is 436 g/mol. The molecule has 2 aliphatic heterocycles. The second-order valence-corrected chi connectivity index (χ2v) is 8.61. The van der Waals surface area contributed by atoms with Gasteiger partial charge in [-0.2, -0.15) is 0 Å². The Balaban J connectivity index is 1.78. The number of carboxylic acid groups (broad SMARTS) is 1. The van der Waals surface area contributed by atoms with Gasteiger partial charge in [-0.1, -0.05) is 19.1 Å². The molecule has 0 atom stereocenters. The van der Waals surface area contributed by atoms with Crippen LogP contribution in [-0.2, 0) is 14.4 Å². The molecule has 2 saturated heterocycles. The van der Waals surface area contributed by atoms with Gasteiger partial charge in [0.1, 0.15) is 6.54 Å². The number of carbonyl (C=O) groups is 4. The predicted molar refractivity (Wildman–Crippen MR) is 118 cm³/mol. The van der Waals surface area contributed by atoms with Crippen molar-refractivity contribution >= 4 is 40.9 Å². The molecule has 2 aliphatic rings. The van der Waals surface area contributed by atoms with E-state index in [4.69, 9.17) is 14.6 Å². The third-order valence-corrected chi connectivity index (χ3v) is 6.15. The van der Waals surface area contributed by atoms with Crippen molar-refractivity contribution in [2.75, 3.05) is 32.8 Å². The van der Waals surface area contributed by atoms with Gasteiger partial charge in [0.15, 0.2) is 18.1 Å². The first-order valence-electron chi connectivity index (χ1n) is 10.4. The monoisotopic (exact) mass is 462 g/mol. The summed E-state index contributed by atoms with van der Waals surface area (Å²) in [5.41, 5.74) is 0.402. The van der Waals surface area contributed by atoms with E-state index >= 15 is 0 Å². The number of aliphatic carboxylic acids is 1. The van der Waals surface area contributed by atoms with Gasteiger partial charge in [-0.15, -0.1) is 0 Å². The lowest BCUT2D eigenvalue weighted by Crippen LogP contribution is -2.45. The lowest BCUT2D eigenvalue weighted by Gasteiger charge is -2.31. The van der Waals surface area contributed by atoms with Crippen molar-refractivity contribution in [3.8, 4) is 11.5 Å². The Labute approximate surface area is 190 Å². The number of hydrogen-bond acceptors (Lipinski definition) is 7. The number of rotatable bonds is 8. The number of nitrogens with zero attached hydrogens (tertiary/aromatic N) is 2. The molecule has 0 unspecified atom stereocenters. The van der Waals surface area contributed by atoms with Crippen molar-refractivity contribution in [1.29, 1.82) is 0 Å². The van der Waals surface area contributed by atoms with Crippen molar-refractivity contribution in [2.24, 2.45) is 5.92 Å². The first-order valence-corrected chi connectivity index (χ1v) is 11.2. The van der Waals surface area contributed by atoms with Gasteiger partial charge in [-0.05, 0) is 49.6 Å². The number of amides is 3. The summed E-state index contributed by atoms with van der Waals surface area (Å²) < 4.78 is 10.9. The number of ether oxygens (including phenoxy) is 2. The van der Waals surface area contributed by atoms with Crippen LogP contribution in [0.4, 0.5) is 4.79 Å². The second-order valence-electron chi connectivity index (χ2n) is 7.62. The third kappa shape index (κ3) is 5.61. The van der Waals surface area contributed by atoms with E-state index in [-0.39, 0.29) is 23.1 Å². The van der Waals surface area contributed by atoms with Crippen LogP contribution in [0.2, 0.25) is 0 Å². The Hall–Kier alpha value is -3.01. The Bertz CT molecular complexity index is 938. The van der Waals surface area contributed by atoms with Crippen LogP contribution in [0.25, 0.3) is 6.08 Å². The van der Waals surface area contributed by atoms with Crippen LogP contribution in [0.1, 0.15) is 32.3 Å². The van der Waals surface area contributed by atoms with E-state index in [1.165, 1.54) is 6.08 Å². The Kier molecular flexibility index (Phi) is 7.79. The van der Waals surface area contributed by atoms with Gasteiger partial charge in [0.05, 0.1) is 11.5 Å². The van der Waals surface area contributed by atoms with Crippen molar-refractivity contribution in [2.45, 2.75) is 26.7 Å². The normalized spacial score (nSPS) is 18.4. The largest absolute Gasteiger partial charge is 0.490 e. The molecule has 0 bridgehead atoms. The van der Waals surface area contributed by atoms with E-state index in [0.29, 0.717) is 36.9 Å². The first kappa shape index (κ1) is 23.6. The number of piperidine rings is 1. The maximum Gasteiger partial charge on any atom is 0.341 e. The number of thioether (sulfide) groups is 1. The number of imide groups is 1. The van der Waals surface area contributed by atoms with E-state index in [2.05, 4.69) is 6.92 Å². The van der Waals surface area contributed by atoms with Crippen LogP contribution < -0.4 is 9.47 Å². The van der Waals surface area contributed by atoms with Gasteiger partial charge in [0.2, 0.25) is 5.91 Å². The maximum atomic E-state index is 12.9. The van der Waals surface area contributed by atoms with Crippen LogP contribution in [0.5, 0.6) is 11.5 Å². The molecule has 0 spiro atoms. The fourth-order valence-electron chi connectivity index (χ4n) is 3.47. The SMILES string of the molecule is CCOc1cccc(C=C2SC(=O)N(CC(=O)N3CCC(C)CC3)C2=O)c1OCC(=O)O. The van der Waals surface area contributed by atoms with E-state index < -0.39 is 23.7 Å². The van der Waals surface area contributed by atoms with Crippen molar-refractivity contribution in [1.82, 2.24) is 9.80 Å². The van der Waals surface area contributed by atoms with Crippen LogP contribution in [-0.4, -0.2) is 70.8 Å². The first-order chi connectivity index (χ1) is 15.3. The molecule has 2 fully saturated rings. The van der Waals surface area contributed by atoms with Crippen LogP contribution >= 0.6 is 11.8 Å². The summed E-state index contributed by atoms with van der Waals surface area (Å²) in [6.07, 6.45) is 3.27. The molecule has 1 aromatic carbocycles. The van der Waals surface area contributed by atoms with Crippen molar-refractivity contribution < 1.29 is 33.8 Å². The quantitative estimate of drug-likeness (QED) is 0.587. The highest BCUT2D eigenvalue weighted by Crippen LogP contribution is 2.37. The summed E-state index contributed by atoms with van der Waals surface area (Å²) in [5, 5.41) is 8.44. The minimum atomic E-state index is -1.16. The summed E-state index contributed by atoms with van der Waals surface area (Å²) in [5.74, 6) is -0.912. The molecule has 0 aromatic heterocycles. The molecule has 3 rings (SSSR count). The Morgan fingerprint density at radius 1 is 1.22 bits per heavy atom. The predicted octanol–water partition coefficient (Wildman–Crippen LogP) is 2.84. The Morgan fingerprint density at radius 2 is 1.94 bits per heavy atom. The maximum absolute atomic E-state index is 12.9. The average molecular weight is 463 g/mol. The van der Waals surface area contributed by atoms with Gasteiger partial charge in [0, 0.05) is 18.7 Å². The zero-order valence-electron chi connectivity index (χ0n) is 18.0. The lowest BCUT2D eigenvalue weighted by molar-refractivity contribution is -0.139. The number of carbonyl (C=O) groups excluding carboxylic acids is 3. The van der Waals surface area contributed by atoms with E-state index in [1.807, 2.05) is 0 Å². The van der Waals surface area contributed by atoms with E-state index in [1.54, 1.807) is 30.0 Å². The van der Waals surface area contributed by atoms with Gasteiger partial charge < -0.3 is 19.5 Å². The topological polar surface area (TPSA) is 113 Å². The van der Waals surface area contributed by atoms with Crippen LogP contribution in [0.3, 0.4) is 0 Å². The molecule has 1 N–H and O–H groups in total. The Morgan fingerprint density at radius 3 is 2.59 bits per heavy atom. The zero-order chi connectivity index (χ0) is 23.3. The summed E-state index contributed by atoms with van der Waals surface area (Å²) in [4.78, 5) is 51.6. The van der Waals surface area contributed by atoms with Gasteiger partial charge in [-0.25, -0.2) is 4.79 Å². The van der Waals surface area contributed by atoms with Crippen molar-refractivity contribution in [3.63, 3.8) is 0 Å². The fourth-order valence-corrected chi connectivity index (χ4v) is 4.30. The lowest BCUT2D eigenvalue weighted by atomic mass is 9.99. The molecule has 3 amide bonds. The minimum Gasteiger partial charge on any atom is -0.490 e. The molecule has 10 heteroatoms. The summed E-state index contributed by atoms with van der Waals surface area (Å²) in [6.45, 7) is 4.62. The molecular formula is C22H26N2O7S. The standard InChI is InChI=1S/C22H26N2O7S/c1-3-30-16-6-4-5-15(20(16)31-13-19(26)27)11-17-21(28)24(22(29)32-17)12-18(25)23-9-7-14(2)8-10-23/h4-6,11,14H,3,7-10,12-13H2,1-2H3,(H,26,27). The molecule has 1 aromatic rings. The van der Waals surface area contributed by atoms with E-state index in [0.717, 1.165) is 29.5 Å². The number of likely N-dealkylation sites (tertiary alicyclic amines) is 1. The molecule has 32 heavy (non-hydrogen) atoms. The number of hydrogen-bond donors (Lipinski definition) is 1. The van der Waals surface area contributed by atoms with Gasteiger partial charge >= 0.3 is 5.97 Å². The summed E-state index contributed by atoms with van der Waals surface area (Å²) in [6, 6.07) is 4.94. The molecule has 172 valence electrons. The summed E-state index contributed by atoms with van der Waals surface area (Å²) >= 11 is 0.733. The van der Waals surface area contributed by atoms with Gasteiger partial charge in [0.25, 0.3) is 11.1 Å². The highest BCUT2D eigenvalue weighted by molar-refractivity contribution is 8.18. The number of carboxylic acids is 1. The van der Waals surface area contributed by atoms with E-state index in [9.17, 15) is 19.2 Å². The van der Waals surface area contributed by atoms with Gasteiger partial charge in [-0.3, -0.25) is 19.3 Å². The minimum absolute atomic E-state index is 0.129. The summed E-state index contributed by atoms with van der Waals surface area (Å²) in [7, 11) is 0. The molecule has 9 nitrogen and oxygen atoms in total. The average Bonchev–Trinajstić information content (AvgIpc) is 3.01. The molecule has 0 saturated carbocycles. The second kappa shape index (κ2) is 10.5. The highest BCUT2D eigenvalue weighted by atomic mass is 32.2.